The summed E-state index contributed by atoms with van der Waals surface area (Å²) < 4.78 is 22.4. The maximum atomic E-state index is 14.9. The molecule has 33 heavy (non-hydrogen) atoms. The third kappa shape index (κ3) is 3.75. The van der Waals surface area contributed by atoms with Gasteiger partial charge in [-0.3, -0.25) is 9.46 Å². The second-order valence-corrected chi connectivity index (χ2v) is 9.77. The highest BCUT2D eigenvalue weighted by Gasteiger charge is 2.59. The fourth-order valence-corrected chi connectivity index (χ4v) is 6.68. The van der Waals surface area contributed by atoms with Gasteiger partial charge in [-0.1, -0.05) is 66.7 Å². The maximum absolute atomic E-state index is 14.9. The molecule has 5 rings (SSSR count). The van der Waals surface area contributed by atoms with Crippen LogP contribution in [0.4, 0.5) is 16.2 Å². The Kier molecular flexibility index (Phi) is 5.37. The van der Waals surface area contributed by atoms with Gasteiger partial charge in [0.05, 0.1) is 5.69 Å². The highest BCUT2D eigenvalue weighted by molar-refractivity contribution is 7.63. The van der Waals surface area contributed by atoms with Crippen molar-refractivity contribution in [2.45, 2.75) is 5.78 Å². The van der Waals surface area contributed by atoms with Crippen LogP contribution in [0.5, 0.6) is 11.5 Å². The van der Waals surface area contributed by atoms with Crippen LogP contribution in [0.3, 0.4) is 0 Å². The SMILES string of the molecule is O=C1N(c2ccccc2)C(c2cccc(O)c2)P(=O)(Oc2ccccc2)N1c1ccccc1. The van der Waals surface area contributed by atoms with Crippen molar-refractivity contribution in [1.82, 2.24) is 0 Å². The van der Waals surface area contributed by atoms with E-state index in [1.807, 2.05) is 30.3 Å². The Morgan fingerprint density at radius 1 is 0.727 bits per heavy atom. The highest BCUT2D eigenvalue weighted by atomic mass is 31.2. The molecule has 2 atom stereocenters. The minimum absolute atomic E-state index is 0.0115. The molecule has 1 heterocycles. The summed E-state index contributed by atoms with van der Waals surface area (Å²) in [5, 5.41) is 10.2. The van der Waals surface area contributed by atoms with Crippen LogP contribution in [-0.2, 0) is 4.57 Å². The van der Waals surface area contributed by atoms with Crippen molar-refractivity contribution in [3.05, 3.63) is 121 Å². The van der Waals surface area contributed by atoms with Crippen molar-refractivity contribution in [2.75, 3.05) is 9.57 Å². The Bertz CT molecular complexity index is 1320. The molecule has 4 aromatic rings. The van der Waals surface area contributed by atoms with Gasteiger partial charge in [-0.15, -0.1) is 0 Å². The summed E-state index contributed by atoms with van der Waals surface area (Å²) >= 11 is 0. The number of para-hydroxylation sites is 3. The number of amides is 2. The quantitative estimate of drug-likeness (QED) is 0.335. The number of benzene rings is 4. The molecule has 0 aliphatic carbocycles. The first-order valence-corrected chi connectivity index (χ1v) is 12.1. The van der Waals surface area contributed by atoms with Gasteiger partial charge in [-0.2, -0.15) is 0 Å². The molecule has 0 aromatic heterocycles. The monoisotopic (exact) mass is 456 g/mol. The van der Waals surface area contributed by atoms with Crippen molar-refractivity contribution >= 4 is 24.9 Å². The number of carbonyl (C=O) groups is 1. The zero-order valence-electron chi connectivity index (χ0n) is 17.6. The third-order valence-electron chi connectivity index (χ3n) is 5.40. The summed E-state index contributed by atoms with van der Waals surface area (Å²) in [6, 6.07) is 32.7. The maximum Gasteiger partial charge on any atom is 0.378 e. The van der Waals surface area contributed by atoms with E-state index in [9.17, 15) is 14.5 Å². The molecule has 1 N–H and O–H groups in total. The summed E-state index contributed by atoms with van der Waals surface area (Å²) in [6.45, 7) is 0. The lowest BCUT2D eigenvalue weighted by atomic mass is 10.2. The van der Waals surface area contributed by atoms with Crippen molar-refractivity contribution in [3.63, 3.8) is 0 Å². The van der Waals surface area contributed by atoms with E-state index in [4.69, 9.17) is 4.52 Å². The number of nitrogens with zero attached hydrogens (tertiary/aromatic N) is 2. The smallest absolute Gasteiger partial charge is 0.378 e. The van der Waals surface area contributed by atoms with Crippen LogP contribution in [0.2, 0.25) is 0 Å². The number of anilines is 2. The van der Waals surface area contributed by atoms with Gasteiger partial charge in [-0.05, 0) is 54.1 Å². The van der Waals surface area contributed by atoms with E-state index in [0.29, 0.717) is 22.7 Å². The summed E-state index contributed by atoms with van der Waals surface area (Å²) in [5.74, 6) is -0.591. The first-order chi connectivity index (χ1) is 16.1. The first-order valence-electron chi connectivity index (χ1n) is 10.4. The van der Waals surface area contributed by atoms with Crippen LogP contribution in [-0.4, -0.2) is 11.1 Å². The number of urea groups is 1. The lowest BCUT2D eigenvalue weighted by Crippen LogP contribution is -2.32. The second kappa shape index (κ2) is 8.49. The molecular formula is C26H21N2O4P. The lowest BCUT2D eigenvalue weighted by molar-refractivity contribution is 0.255. The summed E-state index contributed by atoms with van der Waals surface area (Å²) in [6.07, 6.45) is 0. The average molecular weight is 456 g/mol. The minimum atomic E-state index is -3.95. The highest BCUT2D eigenvalue weighted by Crippen LogP contribution is 2.69. The van der Waals surface area contributed by atoms with Crippen molar-refractivity contribution in [2.24, 2.45) is 0 Å². The van der Waals surface area contributed by atoms with Crippen molar-refractivity contribution in [1.29, 1.82) is 0 Å². The van der Waals surface area contributed by atoms with Gasteiger partial charge >= 0.3 is 13.6 Å². The fraction of sp³-hybridized carbons (Fsp3) is 0.0385. The minimum Gasteiger partial charge on any atom is -0.508 e. The van der Waals surface area contributed by atoms with E-state index in [2.05, 4.69) is 0 Å². The zero-order chi connectivity index (χ0) is 22.8. The molecule has 1 fully saturated rings. The Labute approximate surface area is 191 Å². The molecule has 7 heteroatoms. The van der Waals surface area contributed by atoms with Crippen LogP contribution in [0.15, 0.2) is 115 Å². The van der Waals surface area contributed by atoms with Crippen LogP contribution in [0.1, 0.15) is 11.3 Å². The molecule has 1 aliphatic heterocycles. The van der Waals surface area contributed by atoms with E-state index in [-0.39, 0.29) is 5.75 Å². The van der Waals surface area contributed by atoms with E-state index in [0.717, 1.165) is 0 Å². The molecule has 4 aromatic carbocycles. The molecule has 164 valence electrons. The molecule has 0 bridgehead atoms. The Morgan fingerprint density at radius 3 is 1.91 bits per heavy atom. The Hall–Kier alpha value is -4.02. The summed E-state index contributed by atoms with van der Waals surface area (Å²) in [7, 11) is -3.95. The van der Waals surface area contributed by atoms with Gasteiger partial charge in [0.15, 0.2) is 5.78 Å². The Balaban J connectivity index is 1.76. The van der Waals surface area contributed by atoms with Crippen molar-refractivity contribution in [3.8, 4) is 11.5 Å². The lowest BCUT2D eigenvalue weighted by Gasteiger charge is -2.28. The molecule has 1 saturated heterocycles. The van der Waals surface area contributed by atoms with Gasteiger partial charge in [-0.25, -0.2) is 9.46 Å². The summed E-state index contributed by atoms with van der Waals surface area (Å²) in [4.78, 5) is 15.4. The van der Waals surface area contributed by atoms with Crippen LogP contribution in [0.25, 0.3) is 0 Å². The van der Waals surface area contributed by atoms with Crippen LogP contribution < -0.4 is 14.1 Å². The molecular weight excluding hydrogens is 435 g/mol. The number of rotatable bonds is 5. The first kappa shape index (κ1) is 20.9. The fourth-order valence-electron chi connectivity index (χ4n) is 4.01. The number of hydrogen-bond donors (Lipinski definition) is 1. The van der Waals surface area contributed by atoms with Gasteiger partial charge in [0.2, 0.25) is 0 Å². The van der Waals surface area contributed by atoms with Gasteiger partial charge in [0, 0.05) is 5.69 Å². The average Bonchev–Trinajstić information content (AvgIpc) is 3.07. The van der Waals surface area contributed by atoms with E-state index in [1.165, 1.54) is 21.7 Å². The van der Waals surface area contributed by atoms with Crippen LogP contribution in [0, 0.1) is 0 Å². The summed E-state index contributed by atoms with van der Waals surface area (Å²) in [5.41, 5.74) is 1.54. The van der Waals surface area contributed by atoms with E-state index < -0.39 is 19.3 Å². The molecule has 0 saturated carbocycles. The third-order valence-corrected chi connectivity index (χ3v) is 7.98. The van der Waals surface area contributed by atoms with Gasteiger partial charge in [0.1, 0.15) is 11.5 Å². The number of aromatic hydroxyl groups is 1. The predicted octanol–water partition coefficient (Wildman–Crippen LogP) is 6.81. The zero-order valence-corrected chi connectivity index (χ0v) is 18.5. The number of hydrogen-bond acceptors (Lipinski definition) is 4. The number of phenols is 1. The second-order valence-electron chi connectivity index (χ2n) is 7.57. The Morgan fingerprint density at radius 2 is 1.30 bits per heavy atom. The van der Waals surface area contributed by atoms with Gasteiger partial charge in [0.25, 0.3) is 0 Å². The number of carbonyl (C=O) groups excluding carboxylic acids is 1. The van der Waals surface area contributed by atoms with E-state index >= 15 is 0 Å². The van der Waals surface area contributed by atoms with Gasteiger partial charge < -0.3 is 9.63 Å². The molecule has 2 unspecified atom stereocenters. The molecule has 6 nitrogen and oxygen atoms in total. The standard InChI is InChI=1S/C26H21N2O4P/c29-23-16-10-11-20(19-23)25-27(21-12-4-1-5-13-21)26(30)28(22-14-6-2-7-15-22)33(25,31)32-24-17-8-3-9-18-24/h1-19,25,29H. The van der Waals surface area contributed by atoms with Crippen molar-refractivity contribution < 1.29 is 19.0 Å². The molecule has 0 spiro atoms. The van der Waals surface area contributed by atoms with E-state index in [1.54, 1.807) is 72.8 Å². The molecule has 1 aliphatic rings. The topological polar surface area (TPSA) is 70.1 Å². The number of phenolic OH excluding ortho intramolecular Hbond substituents is 1. The molecule has 0 radical (unpaired) electrons. The normalized spacial score (nSPS) is 20.1. The largest absolute Gasteiger partial charge is 0.508 e. The van der Waals surface area contributed by atoms with Crippen LogP contribution >= 0.6 is 7.52 Å². The predicted molar refractivity (Wildman–Crippen MR) is 129 cm³/mol. The molecule has 2 amide bonds.